The van der Waals surface area contributed by atoms with Crippen LogP contribution >= 0.6 is 0 Å². The van der Waals surface area contributed by atoms with Gasteiger partial charge in [-0.3, -0.25) is 0 Å². The fraction of sp³-hybridized carbons (Fsp3) is 1.00. The molecule has 11 heavy (non-hydrogen) atoms. The summed E-state index contributed by atoms with van der Waals surface area (Å²) in [4.78, 5) is 0. The van der Waals surface area contributed by atoms with Gasteiger partial charge in [-0.25, -0.2) is 0 Å². The van der Waals surface area contributed by atoms with Gasteiger partial charge in [0.25, 0.3) is 0 Å². The van der Waals surface area contributed by atoms with E-state index in [1.807, 2.05) is 0 Å². The summed E-state index contributed by atoms with van der Waals surface area (Å²) in [5.74, 6) is 0.790. The van der Waals surface area contributed by atoms with Crippen molar-refractivity contribution in [2.45, 2.75) is 46.1 Å². The quantitative estimate of drug-likeness (QED) is 0.615. The first kappa shape index (κ1) is 6.47. The molecule has 2 aliphatic rings. The van der Waals surface area contributed by atoms with Crippen molar-refractivity contribution in [2.75, 3.05) is 0 Å². The third kappa shape index (κ3) is 0.658. The van der Waals surface area contributed by atoms with Crippen molar-refractivity contribution in [3.05, 3.63) is 0 Å². The molecule has 2 rings (SSSR count). The Hall–Kier alpha value is -0.0400. The molecule has 1 nitrogen and oxygen atoms in total. The lowest BCUT2D eigenvalue weighted by Crippen LogP contribution is -2.35. The Morgan fingerprint density at radius 3 is 2.45 bits per heavy atom. The zero-order valence-electron chi connectivity index (χ0n) is 8.68. The highest BCUT2D eigenvalue weighted by Crippen LogP contribution is 2.65. The van der Waals surface area contributed by atoms with Crippen molar-refractivity contribution in [1.82, 2.24) is 0 Å². The Morgan fingerprint density at radius 1 is 1.45 bits per heavy atom. The predicted molar refractivity (Wildman–Crippen MR) is 45.2 cm³/mol. The number of hydrogen-bond donors (Lipinski definition) is 1. The molecule has 0 spiro atoms. The molecule has 0 aromatic rings. The molecule has 0 aromatic carbocycles. The molecule has 0 radical (unpaired) electrons. The Bertz CT molecular complexity index is 202. The molecule has 2 bridgehead atoms. The predicted octanol–water partition coefficient (Wildman–Crippen LogP) is 2.19. The molecular weight excluding hydrogens is 136 g/mol. The lowest BCUT2D eigenvalue weighted by molar-refractivity contribution is 0.0126. The lowest BCUT2D eigenvalue weighted by Gasteiger charge is -2.36. The van der Waals surface area contributed by atoms with Gasteiger partial charge in [0.1, 0.15) is 0 Å². The number of fused-ring (bicyclic) bond motifs is 2. The van der Waals surface area contributed by atoms with Crippen LogP contribution in [0.3, 0.4) is 0 Å². The standard InChI is InChI=1S/C10H18O/c1-9(2)7-4-5-10(9,3)8(11)6-7/h7-8,11H,4-6H2,1-3H3/i11D. The van der Waals surface area contributed by atoms with E-state index in [0.29, 0.717) is 5.41 Å². The summed E-state index contributed by atoms with van der Waals surface area (Å²) < 4.78 is 7.06. The topological polar surface area (TPSA) is 20.2 Å². The minimum absolute atomic E-state index is 0.186. The molecule has 0 aliphatic heterocycles. The van der Waals surface area contributed by atoms with Crippen LogP contribution in [-0.2, 0) is 0 Å². The molecule has 0 aromatic heterocycles. The van der Waals surface area contributed by atoms with Gasteiger partial charge in [0.05, 0.1) is 6.10 Å². The number of aliphatic hydroxyl groups is 1. The smallest absolute Gasteiger partial charge is 0.210 e. The monoisotopic (exact) mass is 155 g/mol. The van der Waals surface area contributed by atoms with Crippen LogP contribution < -0.4 is 0 Å². The number of rotatable bonds is 1. The van der Waals surface area contributed by atoms with Crippen molar-refractivity contribution in [2.24, 2.45) is 16.7 Å². The molecule has 1 N–H and O–H groups in total. The summed E-state index contributed by atoms with van der Waals surface area (Å²) in [6, 6.07) is 0. The van der Waals surface area contributed by atoms with Crippen LogP contribution in [0.5, 0.6) is 0 Å². The second-order valence-corrected chi connectivity index (χ2v) is 5.10. The van der Waals surface area contributed by atoms with E-state index in [4.69, 9.17) is 6.54 Å². The number of hydrogen-bond acceptors (Lipinski definition) is 1. The second kappa shape index (κ2) is 1.82. The fourth-order valence-electron chi connectivity index (χ4n) is 3.13. The Labute approximate surface area is 70.3 Å². The molecule has 3 unspecified atom stereocenters. The maximum atomic E-state index is 7.06. The van der Waals surface area contributed by atoms with E-state index in [-0.39, 0.29) is 11.5 Å². The zero-order chi connectivity index (χ0) is 8.98. The first-order valence-corrected chi connectivity index (χ1v) is 4.64. The normalized spacial score (nSPS) is 54.6. The molecule has 2 saturated carbocycles. The summed E-state index contributed by atoms with van der Waals surface area (Å²) in [6.45, 7) is 6.96. The van der Waals surface area contributed by atoms with Gasteiger partial charge in [0, 0.05) is 0 Å². The van der Waals surface area contributed by atoms with Crippen LogP contribution in [0.2, 0.25) is 0 Å². The minimum Gasteiger partial charge on any atom is -0.393 e. The lowest BCUT2D eigenvalue weighted by atomic mass is 9.70. The largest absolute Gasteiger partial charge is 0.393 e. The number of aliphatic hydroxyl groups excluding tert-OH is 1. The maximum Gasteiger partial charge on any atom is 0.210 e. The van der Waals surface area contributed by atoms with Gasteiger partial charge in [-0.15, -0.1) is 0 Å². The van der Waals surface area contributed by atoms with E-state index in [0.717, 1.165) is 12.3 Å². The summed E-state index contributed by atoms with van der Waals surface area (Å²) in [6.07, 6.45) is 3.87. The Balaban J connectivity index is 2.33. The van der Waals surface area contributed by atoms with E-state index in [2.05, 4.69) is 20.8 Å². The van der Waals surface area contributed by atoms with Crippen LogP contribution in [0, 0.1) is 16.7 Å². The average Bonchev–Trinajstić information content (AvgIpc) is 2.34. The van der Waals surface area contributed by atoms with E-state index >= 15 is 0 Å². The van der Waals surface area contributed by atoms with Crippen molar-refractivity contribution in [1.29, 1.82) is 1.43 Å². The Kier molecular flexibility index (Phi) is 1.07. The van der Waals surface area contributed by atoms with E-state index in [1.165, 1.54) is 12.8 Å². The van der Waals surface area contributed by atoms with Crippen molar-refractivity contribution < 1.29 is 5.11 Å². The maximum absolute atomic E-state index is 7.06. The third-order valence-corrected chi connectivity index (χ3v) is 4.71. The van der Waals surface area contributed by atoms with Crippen molar-refractivity contribution >= 4 is 0 Å². The highest BCUT2D eigenvalue weighted by Gasteiger charge is 2.60. The van der Waals surface area contributed by atoms with Crippen LogP contribution in [-0.4, -0.2) is 12.6 Å². The molecule has 2 aliphatic carbocycles. The first-order chi connectivity index (χ1) is 5.52. The van der Waals surface area contributed by atoms with Crippen molar-refractivity contribution in [3.63, 3.8) is 0 Å². The molecule has 1 heteroatoms. The summed E-state index contributed by atoms with van der Waals surface area (Å²) in [5.41, 5.74) is 0.651. The van der Waals surface area contributed by atoms with Crippen molar-refractivity contribution in [3.8, 4) is 0 Å². The summed E-state index contributed by atoms with van der Waals surface area (Å²) >= 11 is 0. The molecule has 3 atom stereocenters. The average molecular weight is 155 g/mol. The van der Waals surface area contributed by atoms with Gasteiger partial charge in [-0.1, -0.05) is 20.8 Å². The first-order valence-electron chi connectivity index (χ1n) is 5.05. The van der Waals surface area contributed by atoms with Gasteiger partial charge < -0.3 is 5.11 Å². The molecule has 0 saturated heterocycles. The van der Waals surface area contributed by atoms with E-state index in [1.54, 1.807) is 0 Å². The molecular formula is C10H18O. The van der Waals surface area contributed by atoms with Gasteiger partial charge in [0.2, 0.25) is 1.43 Å². The summed E-state index contributed by atoms with van der Waals surface area (Å²) in [7, 11) is 0. The molecule has 2 fully saturated rings. The van der Waals surface area contributed by atoms with E-state index < -0.39 is 0 Å². The summed E-state index contributed by atoms with van der Waals surface area (Å²) in [5, 5.41) is 4.83. The fourth-order valence-corrected chi connectivity index (χ4v) is 3.13. The molecule has 0 heterocycles. The highest BCUT2D eigenvalue weighted by molar-refractivity contribution is 5.10. The second-order valence-electron chi connectivity index (χ2n) is 5.10. The van der Waals surface area contributed by atoms with Crippen LogP contribution in [0.15, 0.2) is 0 Å². The van der Waals surface area contributed by atoms with Gasteiger partial charge in [-0.2, -0.15) is 0 Å². The van der Waals surface area contributed by atoms with Gasteiger partial charge in [-0.05, 0) is 36.0 Å². The van der Waals surface area contributed by atoms with E-state index in [9.17, 15) is 0 Å². The third-order valence-electron chi connectivity index (χ3n) is 4.71. The van der Waals surface area contributed by atoms with Gasteiger partial charge >= 0.3 is 0 Å². The minimum atomic E-state index is 0.186. The molecule has 64 valence electrons. The van der Waals surface area contributed by atoms with Crippen LogP contribution in [0.1, 0.15) is 40.0 Å². The molecule has 0 amide bonds. The van der Waals surface area contributed by atoms with Crippen LogP contribution in [0.25, 0.3) is 0 Å². The zero-order valence-corrected chi connectivity index (χ0v) is 7.68. The van der Waals surface area contributed by atoms with Gasteiger partial charge in [0.15, 0.2) is 0 Å². The SMILES string of the molecule is [2H]OC1CC2CCC1(C)C2(C)C. The highest BCUT2D eigenvalue weighted by atomic mass is 16.3. The van der Waals surface area contributed by atoms with Crippen LogP contribution in [0.4, 0.5) is 0 Å². The Morgan fingerprint density at radius 2 is 2.18 bits per heavy atom.